The summed E-state index contributed by atoms with van der Waals surface area (Å²) in [7, 11) is 0. The van der Waals surface area contributed by atoms with Crippen molar-refractivity contribution in [2.45, 2.75) is 26.7 Å². The standard InChI is InChI=1S/C17H16ClNO/c1-17(2)7-6-12-10-19-15(9-14(12)16(17)20)11-4-3-5-13(18)8-11/h3-5,8-10H,6-7H2,1-2H3. The topological polar surface area (TPSA) is 30.0 Å². The Morgan fingerprint density at radius 2 is 2.05 bits per heavy atom. The maximum Gasteiger partial charge on any atom is 0.168 e. The van der Waals surface area contributed by atoms with Crippen molar-refractivity contribution in [1.82, 2.24) is 4.98 Å². The maximum absolute atomic E-state index is 12.5. The highest BCUT2D eigenvalue weighted by Gasteiger charge is 2.34. The van der Waals surface area contributed by atoms with Crippen molar-refractivity contribution in [3.63, 3.8) is 0 Å². The van der Waals surface area contributed by atoms with Gasteiger partial charge in [-0.3, -0.25) is 9.78 Å². The number of carbonyl (C=O) groups is 1. The van der Waals surface area contributed by atoms with E-state index in [0.717, 1.165) is 35.2 Å². The smallest absolute Gasteiger partial charge is 0.168 e. The predicted octanol–water partition coefficient (Wildman–Crippen LogP) is 4.56. The molecule has 0 aliphatic heterocycles. The van der Waals surface area contributed by atoms with E-state index in [0.29, 0.717) is 5.02 Å². The van der Waals surface area contributed by atoms with Crippen LogP contribution in [0.5, 0.6) is 0 Å². The van der Waals surface area contributed by atoms with E-state index in [1.165, 1.54) is 0 Å². The van der Waals surface area contributed by atoms with Crippen LogP contribution in [-0.4, -0.2) is 10.8 Å². The third-order valence-electron chi connectivity index (χ3n) is 3.99. The normalized spacial score (nSPS) is 16.9. The molecule has 0 atom stereocenters. The Kier molecular flexibility index (Phi) is 3.14. The van der Waals surface area contributed by atoms with E-state index in [-0.39, 0.29) is 11.2 Å². The first-order chi connectivity index (χ1) is 9.47. The molecule has 1 heterocycles. The molecule has 1 aliphatic rings. The quantitative estimate of drug-likeness (QED) is 0.769. The minimum absolute atomic E-state index is 0.212. The Morgan fingerprint density at radius 1 is 1.25 bits per heavy atom. The van der Waals surface area contributed by atoms with E-state index in [4.69, 9.17) is 11.6 Å². The van der Waals surface area contributed by atoms with Crippen LogP contribution in [-0.2, 0) is 6.42 Å². The van der Waals surface area contributed by atoms with Crippen LogP contribution >= 0.6 is 11.6 Å². The molecule has 0 saturated heterocycles. The van der Waals surface area contributed by atoms with Crippen LogP contribution in [0.25, 0.3) is 11.3 Å². The molecule has 0 fully saturated rings. The molecule has 3 rings (SSSR count). The first kappa shape index (κ1) is 13.3. The van der Waals surface area contributed by atoms with Crippen molar-refractivity contribution in [3.05, 3.63) is 52.7 Å². The number of nitrogens with zero attached hydrogens (tertiary/aromatic N) is 1. The van der Waals surface area contributed by atoms with E-state index in [1.807, 2.05) is 50.4 Å². The molecular weight excluding hydrogens is 270 g/mol. The number of aromatic nitrogens is 1. The number of fused-ring (bicyclic) bond motifs is 1. The average molecular weight is 286 g/mol. The first-order valence-electron chi connectivity index (χ1n) is 6.77. The van der Waals surface area contributed by atoms with Gasteiger partial charge in [0.25, 0.3) is 0 Å². The van der Waals surface area contributed by atoms with Crippen LogP contribution in [0, 0.1) is 5.41 Å². The van der Waals surface area contributed by atoms with Gasteiger partial charge in [-0.05, 0) is 36.6 Å². The molecule has 0 radical (unpaired) electrons. The largest absolute Gasteiger partial charge is 0.294 e. The third-order valence-corrected chi connectivity index (χ3v) is 4.22. The molecule has 0 spiro atoms. The summed E-state index contributed by atoms with van der Waals surface area (Å²) in [6.07, 6.45) is 3.63. The number of Topliss-reactive ketones (excluding diaryl/α,β-unsaturated/α-hetero) is 1. The van der Waals surface area contributed by atoms with Gasteiger partial charge in [0.1, 0.15) is 0 Å². The minimum Gasteiger partial charge on any atom is -0.294 e. The summed E-state index contributed by atoms with van der Waals surface area (Å²) < 4.78 is 0. The molecule has 0 N–H and O–H groups in total. The lowest BCUT2D eigenvalue weighted by Gasteiger charge is -2.29. The lowest BCUT2D eigenvalue weighted by Crippen LogP contribution is -2.30. The highest BCUT2D eigenvalue weighted by molar-refractivity contribution is 6.30. The Hall–Kier alpha value is -1.67. The number of pyridine rings is 1. The van der Waals surface area contributed by atoms with Crippen LogP contribution in [0.4, 0.5) is 0 Å². The van der Waals surface area contributed by atoms with Crippen molar-refractivity contribution in [1.29, 1.82) is 0 Å². The van der Waals surface area contributed by atoms with E-state index in [9.17, 15) is 4.79 Å². The van der Waals surface area contributed by atoms with Gasteiger partial charge in [0.15, 0.2) is 5.78 Å². The minimum atomic E-state index is -0.278. The van der Waals surface area contributed by atoms with E-state index < -0.39 is 0 Å². The van der Waals surface area contributed by atoms with Crippen LogP contribution in [0.1, 0.15) is 36.2 Å². The molecule has 2 aromatic rings. The molecule has 0 saturated carbocycles. The summed E-state index contributed by atoms with van der Waals surface area (Å²) in [5.74, 6) is 0.212. The summed E-state index contributed by atoms with van der Waals surface area (Å²) in [4.78, 5) is 17.0. The number of rotatable bonds is 1. The molecule has 0 amide bonds. The molecule has 2 nitrogen and oxygen atoms in total. The van der Waals surface area contributed by atoms with Gasteiger partial charge in [-0.1, -0.05) is 37.6 Å². The fraction of sp³-hybridized carbons (Fsp3) is 0.294. The zero-order valence-electron chi connectivity index (χ0n) is 11.6. The summed E-state index contributed by atoms with van der Waals surface area (Å²) in [6, 6.07) is 9.46. The maximum atomic E-state index is 12.5. The highest BCUT2D eigenvalue weighted by atomic mass is 35.5. The van der Waals surface area contributed by atoms with Gasteiger partial charge in [-0.25, -0.2) is 0 Å². The monoisotopic (exact) mass is 285 g/mol. The number of hydrogen-bond donors (Lipinski definition) is 0. The second-order valence-corrected chi connectivity index (χ2v) is 6.39. The van der Waals surface area contributed by atoms with Crippen molar-refractivity contribution >= 4 is 17.4 Å². The van der Waals surface area contributed by atoms with Crippen LogP contribution in [0.2, 0.25) is 5.02 Å². The van der Waals surface area contributed by atoms with Crippen molar-refractivity contribution < 1.29 is 4.79 Å². The molecule has 1 aromatic heterocycles. The average Bonchev–Trinajstić information content (AvgIpc) is 2.43. The van der Waals surface area contributed by atoms with Gasteiger partial charge in [-0.2, -0.15) is 0 Å². The third kappa shape index (κ3) is 2.25. The summed E-state index contributed by atoms with van der Waals surface area (Å²) >= 11 is 6.02. The number of ketones is 1. The van der Waals surface area contributed by atoms with Gasteiger partial charge < -0.3 is 0 Å². The zero-order chi connectivity index (χ0) is 14.3. The second-order valence-electron chi connectivity index (χ2n) is 5.95. The van der Waals surface area contributed by atoms with E-state index >= 15 is 0 Å². The van der Waals surface area contributed by atoms with E-state index in [1.54, 1.807) is 0 Å². The second kappa shape index (κ2) is 4.71. The van der Waals surface area contributed by atoms with Crippen LogP contribution in [0.15, 0.2) is 36.5 Å². The van der Waals surface area contributed by atoms with Crippen LogP contribution < -0.4 is 0 Å². The number of hydrogen-bond acceptors (Lipinski definition) is 2. The molecule has 20 heavy (non-hydrogen) atoms. The molecule has 0 unspecified atom stereocenters. The van der Waals surface area contributed by atoms with E-state index in [2.05, 4.69) is 4.98 Å². The Morgan fingerprint density at radius 3 is 2.80 bits per heavy atom. The summed E-state index contributed by atoms with van der Waals surface area (Å²) in [6.45, 7) is 4.02. The van der Waals surface area contributed by atoms with Crippen molar-refractivity contribution in [2.24, 2.45) is 5.41 Å². The van der Waals surface area contributed by atoms with Crippen molar-refractivity contribution in [2.75, 3.05) is 0 Å². The molecule has 102 valence electrons. The van der Waals surface area contributed by atoms with Gasteiger partial charge in [0.2, 0.25) is 0 Å². The van der Waals surface area contributed by atoms with Gasteiger partial charge in [0, 0.05) is 27.8 Å². The Bertz CT molecular complexity index is 691. The number of halogens is 1. The molecular formula is C17H16ClNO. The van der Waals surface area contributed by atoms with Gasteiger partial charge >= 0.3 is 0 Å². The Balaban J connectivity index is 2.10. The number of carbonyl (C=O) groups excluding carboxylic acids is 1. The molecule has 1 aliphatic carbocycles. The SMILES string of the molecule is CC1(C)CCc2cnc(-c3cccc(Cl)c3)cc2C1=O. The van der Waals surface area contributed by atoms with Gasteiger partial charge in [0.05, 0.1) is 5.69 Å². The first-order valence-corrected chi connectivity index (χ1v) is 7.15. The lowest BCUT2D eigenvalue weighted by atomic mass is 9.73. The summed E-state index contributed by atoms with van der Waals surface area (Å²) in [5.41, 5.74) is 3.33. The fourth-order valence-electron chi connectivity index (χ4n) is 2.63. The predicted molar refractivity (Wildman–Crippen MR) is 81.1 cm³/mol. The van der Waals surface area contributed by atoms with Crippen molar-refractivity contribution in [3.8, 4) is 11.3 Å². The molecule has 1 aromatic carbocycles. The van der Waals surface area contributed by atoms with Gasteiger partial charge in [-0.15, -0.1) is 0 Å². The lowest BCUT2D eigenvalue weighted by molar-refractivity contribution is 0.0811. The highest BCUT2D eigenvalue weighted by Crippen LogP contribution is 2.35. The Labute approximate surface area is 123 Å². The fourth-order valence-corrected chi connectivity index (χ4v) is 2.82. The molecule has 3 heteroatoms. The number of aryl methyl sites for hydroxylation is 1. The zero-order valence-corrected chi connectivity index (χ0v) is 12.4. The van der Waals surface area contributed by atoms with Crippen LogP contribution in [0.3, 0.4) is 0 Å². The summed E-state index contributed by atoms with van der Waals surface area (Å²) in [5, 5.41) is 0.675. The number of benzene rings is 1. The molecule has 0 bridgehead atoms.